The summed E-state index contributed by atoms with van der Waals surface area (Å²) >= 11 is 2.14. The van der Waals surface area contributed by atoms with Gasteiger partial charge in [0.25, 0.3) is 0 Å². The van der Waals surface area contributed by atoms with Crippen molar-refractivity contribution in [3.8, 4) is 0 Å². The molecule has 2 aliphatic heterocycles. The van der Waals surface area contributed by atoms with Gasteiger partial charge in [0.05, 0.1) is 0 Å². The molecule has 0 bridgehead atoms. The van der Waals surface area contributed by atoms with Crippen molar-refractivity contribution in [3.05, 3.63) is 0 Å². The number of rotatable bonds is 4. The van der Waals surface area contributed by atoms with Crippen LogP contribution in [0.25, 0.3) is 0 Å². The Morgan fingerprint density at radius 2 is 2.25 bits per heavy atom. The fourth-order valence-corrected chi connectivity index (χ4v) is 4.05. The summed E-state index contributed by atoms with van der Waals surface area (Å²) in [4.78, 5) is 2.57. The first-order chi connectivity index (χ1) is 7.79. The van der Waals surface area contributed by atoms with Gasteiger partial charge in [-0.3, -0.25) is 0 Å². The molecule has 2 rings (SSSR count). The van der Waals surface area contributed by atoms with Gasteiger partial charge in [-0.1, -0.05) is 13.8 Å². The second-order valence-electron chi connectivity index (χ2n) is 5.28. The fourth-order valence-electron chi connectivity index (χ4n) is 2.88. The van der Waals surface area contributed by atoms with Crippen molar-refractivity contribution in [2.24, 2.45) is 5.92 Å². The summed E-state index contributed by atoms with van der Waals surface area (Å²) in [6, 6.07) is 0.773. The number of hydrogen-bond acceptors (Lipinski definition) is 3. The van der Waals surface area contributed by atoms with Crippen LogP contribution in [0.5, 0.6) is 0 Å². The van der Waals surface area contributed by atoms with Gasteiger partial charge >= 0.3 is 0 Å². The first kappa shape index (κ1) is 12.7. The van der Waals surface area contributed by atoms with Crippen LogP contribution in [0.1, 0.15) is 33.1 Å². The van der Waals surface area contributed by atoms with Gasteiger partial charge in [0, 0.05) is 17.8 Å². The van der Waals surface area contributed by atoms with Crippen molar-refractivity contribution in [3.63, 3.8) is 0 Å². The molecule has 0 spiro atoms. The van der Waals surface area contributed by atoms with Gasteiger partial charge in [-0.05, 0) is 50.6 Å². The maximum atomic E-state index is 3.81. The SMILES string of the molecule is CCN1CCC(CNC2CCCSC2C)C1. The minimum absolute atomic E-state index is 0.773. The molecule has 2 nitrogen and oxygen atoms in total. The normalized spacial score (nSPS) is 36.8. The second kappa shape index (κ2) is 6.27. The molecule has 2 fully saturated rings. The maximum absolute atomic E-state index is 3.81. The van der Waals surface area contributed by atoms with Crippen LogP contribution < -0.4 is 5.32 Å². The number of nitrogens with one attached hydrogen (secondary N) is 1. The molecule has 0 aromatic carbocycles. The minimum atomic E-state index is 0.773. The van der Waals surface area contributed by atoms with Crippen LogP contribution in [-0.2, 0) is 0 Å². The number of nitrogens with zero attached hydrogens (tertiary/aromatic N) is 1. The van der Waals surface area contributed by atoms with E-state index in [1.54, 1.807) is 0 Å². The first-order valence-electron chi connectivity index (χ1n) is 6.87. The average Bonchev–Trinajstić information content (AvgIpc) is 2.76. The fraction of sp³-hybridized carbons (Fsp3) is 1.00. The Labute approximate surface area is 105 Å². The molecule has 3 atom stereocenters. The molecular formula is C13H26N2S. The summed E-state index contributed by atoms with van der Waals surface area (Å²) < 4.78 is 0. The highest BCUT2D eigenvalue weighted by Gasteiger charge is 2.25. The van der Waals surface area contributed by atoms with Gasteiger partial charge in [0.15, 0.2) is 0 Å². The molecule has 94 valence electrons. The van der Waals surface area contributed by atoms with Crippen molar-refractivity contribution < 1.29 is 0 Å². The summed E-state index contributed by atoms with van der Waals surface area (Å²) in [6.07, 6.45) is 4.19. The molecule has 0 saturated carbocycles. The molecule has 0 aromatic rings. The van der Waals surface area contributed by atoms with Crippen molar-refractivity contribution in [2.45, 2.75) is 44.4 Å². The average molecular weight is 242 g/mol. The van der Waals surface area contributed by atoms with Gasteiger partial charge in [-0.15, -0.1) is 0 Å². The third-order valence-corrected chi connectivity index (χ3v) is 5.47. The van der Waals surface area contributed by atoms with Crippen LogP contribution in [0.4, 0.5) is 0 Å². The van der Waals surface area contributed by atoms with E-state index in [2.05, 4.69) is 35.8 Å². The van der Waals surface area contributed by atoms with Crippen LogP contribution >= 0.6 is 11.8 Å². The Morgan fingerprint density at radius 1 is 1.38 bits per heavy atom. The zero-order valence-electron chi connectivity index (χ0n) is 10.7. The van der Waals surface area contributed by atoms with Crippen molar-refractivity contribution in [1.29, 1.82) is 0 Å². The Balaban J connectivity index is 1.67. The van der Waals surface area contributed by atoms with Crippen LogP contribution in [0.3, 0.4) is 0 Å². The van der Waals surface area contributed by atoms with E-state index in [4.69, 9.17) is 0 Å². The van der Waals surface area contributed by atoms with E-state index in [1.165, 1.54) is 51.2 Å². The second-order valence-corrected chi connectivity index (χ2v) is 6.77. The van der Waals surface area contributed by atoms with E-state index in [0.717, 1.165) is 17.2 Å². The zero-order valence-corrected chi connectivity index (χ0v) is 11.6. The molecule has 16 heavy (non-hydrogen) atoms. The van der Waals surface area contributed by atoms with E-state index in [-0.39, 0.29) is 0 Å². The van der Waals surface area contributed by atoms with Crippen LogP contribution in [0.15, 0.2) is 0 Å². The molecule has 2 heterocycles. The lowest BCUT2D eigenvalue weighted by atomic mass is 10.1. The zero-order chi connectivity index (χ0) is 11.4. The topological polar surface area (TPSA) is 15.3 Å². The summed E-state index contributed by atoms with van der Waals surface area (Å²) in [5.41, 5.74) is 0. The predicted molar refractivity (Wildman–Crippen MR) is 73.2 cm³/mol. The molecule has 0 amide bonds. The van der Waals surface area contributed by atoms with Crippen molar-refractivity contribution in [1.82, 2.24) is 10.2 Å². The monoisotopic (exact) mass is 242 g/mol. The number of likely N-dealkylation sites (tertiary alicyclic amines) is 1. The van der Waals surface area contributed by atoms with Gasteiger partial charge in [0.1, 0.15) is 0 Å². The number of hydrogen-bond donors (Lipinski definition) is 1. The lowest BCUT2D eigenvalue weighted by molar-refractivity contribution is 0.332. The van der Waals surface area contributed by atoms with E-state index < -0.39 is 0 Å². The van der Waals surface area contributed by atoms with Gasteiger partial charge < -0.3 is 10.2 Å². The van der Waals surface area contributed by atoms with Crippen LogP contribution in [-0.4, -0.2) is 48.1 Å². The lowest BCUT2D eigenvalue weighted by Gasteiger charge is -2.30. The van der Waals surface area contributed by atoms with Crippen molar-refractivity contribution >= 4 is 11.8 Å². The largest absolute Gasteiger partial charge is 0.313 e. The maximum Gasteiger partial charge on any atom is 0.0184 e. The Kier molecular flexibility index (Phi) is 4.98. The van der Waals surface area contributed by atoms with Gasteiger partial charge in [-0.2, -0.15) is 11.8 Å². The van der Waals surface area contributed by atoms with E-state index in [0.29, 0.717) is 0 Å². The minimum Gasteiger partial charge on any atom is -0.313 e. The highest BCUT2D eigenvalue weighted by atomic mass is 32.2. The first-order valence-corrected chi connectivity index (χ1v) is 7.91. The van der Waals surface area contributed by atoms with Gasteiger partial charge in [0.2, 0.25) is 0 Å². The smallest absolute Gasteiger partial charge is 0.0184 e. The molecule has 3 heteroatoms. The molecule has 2 aliphatic rings. The quantitative estimate of drug-likeness (QED) is 0.814. The molecule has 0 radical (unpaired) electrons. The number of thioether (sulfide) groups is 1. The van der Waals surface area contributed by atoms with Crippen LogP contribution in [0, 0.1) is 5.92 Å². The standard InChI is InChI=1S/C13H26N2S/c1-3-15-7-6-12(10-15)9-14-13-5-4-8-16-11(13)2/h11-14H,3-10H2,1-2H3. The van der Waals surface area contributed by atoms with Crippen molar-refractivity contribution in [2.75, 3.05) is 31.9 Å². The Hall–Kier alpha value is 0.270. The van der Waals surface area contributed by atoms with Crippen LogP contribution in [0.2, 0.25) is 0 Å². The molecule has 1 N–H and O–H groups in total. The van der Waals surface area contributed by atoms with E-state index >= 15 is 0 Å². The highest BCUT2D eigenvalue weighted by molar-refractivity contribution is 7.99. The van der Waals surface area contributed by atoms with E-state index in [1.807, 2.05) is 0 Å². The summed E-state index contributed by atoms with van der Waals surface area (Å²) in [5.74, 6) is 2.27. The van der Waals surface area contributed by atoms with E-state index in [9.17, 15) is 0 Å². The summed E-state index contributed by atoms with van der Waals surface area (Å²) in [7, 11) is 0. The Bertz CT molecular complexity index is 210. The molecule has 2 saturated heterocycles. The summed E-state index contributed by atoms with van der Waals surface area (Å²) in [6.45, 7) is 9.76. The Morgan fingerprint density at radius 3 is 2.94 bits per heavy atom. The molecule has 3 unspecified atom stereocenters. The third-order valence-electron chi connectivity index (χ3n) is 4.09. The predicted octanol–water partition coefficient (Wildman–Crippen LogP) is 2.20. The highest BCUT2D eigenvalue weighted by Crippen LogP contribution is 2.25. The summed E-state index contributed by atoms with van der Waals surface area (Å²) in [5, 5.41) is 4.63. The molecule has 0 aromatic heterocycles. The molecule has 0 aliphatic carbocycles. The van der Waals surface area contributed by atoms with Gasteiger partial charge in [-0.25, -0.2) is 0 Å². The lowest BCUT2D eigenvalue weighted by Crippen LogP contribution is -2.42. The third kappa shape index (κ3) is 3.38. The molecular weight excluding hydrogens is 216 g/mol.